The van der Waals surface area contributed by atoms with E-state index >= 15 is 0 Å². The van der Waals surface area contributed by atoms with Gasteiger partial charge in [0.05, 0.1) is 11.4 Å². The van der Waals surface area contributed by atoms with Gasteiger partial charge in [-0.25, -0.2) is 0 Å². The van der Waals surface area contributed by atoms with Crippen molar-refractivity contribution in [2.75, 3.05) is 26.7 Å². The number of amides is 1. The summed E-state index contributed by atoms with van der Waals surface area (Å²) in [5.41, 5.74) is 1.42. The number of fused-ring (bicyclic) bond motifs is 1. The standard InChI is InChI=1S/C21H20N2O3/c1-22-11-12-23(14-17(22)15-7-3-2-4-8-15)21(25)20-13-18(24)16-9-5-6-10-19(16)26-20/h2-10,13,17H,11-12,14H2,1H3. The molecule has 1 aliphatic rings. The monoisotopic (exact) mass is 348 g/mol. The highest BCUT2D eigenvalue weighted by Gasteiger charge is 2.30. The van der Waals surface area contributed by atoms with Crippen LogP contribution in [0.5, 0.6) is 0 Å². The molecule has 1 unspecified atom stereocenters. The van der Waals surface area contributed by atoms with Gasteiger partial charge in [0, 0.05) is 25.7 Å². The number of para-hydroxylation sites is 1. The van der Waals surface area contributed by atoms with Gasteiger partial charge in [-0.3, -0.25) is 14.5 Å². The van der Waals surface area contributed by atoms with Gasteiger partial charge in [0.25, 0.3) is 5.91 Å². The second-order valence-corrected chi connectivity index (χ2v) is 6.63. The van der Waals surface area contributed by atoms with Crippen LogP contribution in [0.1, 0.15) is 22.2 Å². The average Bonchev–Trinajstić information content (AvgIpc) is 2.68. The summed E-state index contributed by atoms with van der Waals surface area (Å²) in [6, 6.07) is 18.6. The highest BCUT2D eigenvalue weighted by molar-refractivity contribution is 5.93. The molecule has 1 saturated heterocycles. The van der Waals surface area contributed by atoms with Gasteiger partial charge < -0.3 is 9.32 Å². The third-order valence-corrected chi connectivity index (χ3v) is 4.96. The molecule has 0 radical (unpaired) electrons. The zero-order valence-electron chi connectivity index (χ0n) is 14.6. The van der Waals surface area contributed by atoms with Crippen molar-refractivity contribution in [1.29, 1.82) is 0 Å². The molecule has 0 aliphatic carbocycles. The molecule has 0 N–H and O–H groups in total. The summed E-state index contributed by atoms with van der Waals surface area (Å²) in [5.74, 6) is -0.132. The number of likely N-dealkylation sites (N-methyl/N-ethyl adjacent to an activating group) is 1. The first kappa shape index (κ1) is 16.5. The molecule has 0 bridgehead atoms. The fourth-order valence-corrected chi connectivity index (χ4v) is 3.46. The maximum atomic E-state index is 13.0. The topological polar surface area (TPSA) is 53.8 Å². The lowest BCUT2D eigenvalue weighted by Crippen LogP contribution is -2.49. The van der Waals surface area contributed by atoms with Crippen LogP contribution in [-0.4, -0.2) is 42.4 Å². The van der Waals surface area contributed by atoms with Crippen LogP contribution in [-0.2, 0) is 0 Å². The lowest BCUT2D eigenvalue weighted by atomic mass is 10.0. The van der Waals surface area contributed by atoms with Gasteiger partial charge in [0.1, 0.15) is 5.58 Å². The van der Waals surface area contributed by atoms with E-state index in [4.69, 9.17) is 4.42 Å². The molecule has 132 valence electrons. The SMILES string of the molecule is CN1CCN(C(=O)c2cc(=O)c3ccccc3o2)CC1c1ccccc1. The minimum atomic E-state index is -0.234. The molecule has 4 rings (SSSR count). The van der Waals surface area contributed by atoms with Crippen molar-refractivity contribution in [2.24, 2.45) is 0 Å². The van der Waals surface area contributed by atoms with Crippen molar-refractivity contribution >= 4 is 16.9 Å². The van der Waals surface area contributed by atoms with Crippen LogP contribution in [0.4, 0.5) is 0 Å². The highest BCUT2D eigenvalue weighted by atomic mass is 16.3. The quantitative estimate of drug-likeness (QED) is 0.715. The van der Waals surface area contributed by atoms with Crippen molar-refractivity contribution in [3.8, 4) is 0 Å². The fraction of sp³-hybridized carbons (Fsp3) is 0.238. The Labute approximate surface area is 151 Å². The normalized spacial score (nSPS) is 18.2. The van der Waals surface area contributed by atoms with Gasteiger partial charge in [0.2, 0.25) is 0 Å². The molecule has 1 aromatic heterocycles. The number of nitrogens with zero attached hydrogens (tertiary/aromatic N) is 2. The van der Waals surface area contributed by atoms with Crippen LogP contribution in [0.15, 0.2) is 69.9 Å². The molecular weight excluding hydrogens is 328 g/mol. The molecule has 1 fully saturated rings. The molecule has 1 aliphatic heterocycles. The second kappa shape index (κ2) is 6.77. The van der Waals surface area contributed by atoms with Gasteiger partial charge in [-0.05, 0) is 24.7 Å². The first-order valence-corrected chi connectivity index (χ1v) is 8.71. The fourth-order valence-electron chi connectivity index (χ4n) is 3.46. The van der Waals surface area contributed by atoms with Crippen LogP contribution in [0.25, 0.3) is 11.0 Å². The van der Waals surface area contributed by atoms with E-state index in [-0.39, 0.29) is 23.1 Å². The maximum Gasteiger partial charge on any atom is 0.289 e. The van der Waals surface area contributed by atoms with E-state index in [1.807, 2.05) is 18.2 Å². The van der Waals surface area contributed by atoms with E-state index in [2.05, 4.69) is 24.1 Å². The molecule has 26 heavy (non-hydrogen) atoms. The Hall–Kier alpha value is -2.92. The lowest BCUT2D eigenvalue weighted by Gasteiger charge is -2.39. The van der Waals surface area contributed by atoms with Gasteiger partial charge >= 0.3 is 0 Å². The predicted octanol–water partition coefficient (Wildman–Crippen LogP) is 2.92. The predicted molar refractivity (Wildman–Crippen MR) is 100 cm³/mol. The largest absolute Gasteiger partial charge is 0.451 e. The first-order valence-electron chi connectivity index (χ1n) is 8.71. The van der Waals surface area contributed by atoms with Crippen LogP contribution >= 0.6 is 0 Å². The number of hydrogen-bond donors (Lipinski definition) is 0. The number of carbonyl (C=O) groups is 1. The number of benzene rings is 2. The molecule has 0 saturated carbocycles. The Morgan fingerprint density at radius 3 is 2.58 bits per heavy atom. The van der Waals surface area contributed by atoms with E-state index in [1.54, 1.807) is 29.2 Å². The summed E-state index contributed by atoms with van der Waals surface area (Å²) in [4.78, 5) is 29.3. The Bertz CT molecular complexity index is 997. The van der Waals surface area contributed by atoms with E-state index in [0.717, 1.165) is 6.54 Å². The maximum absolute atomic E-state index is 13.0. The zero-order valence-corrected chi connectivity index (χ0v) is 14.6. The number of rotatable bonds is 2. The van der Waals surface area contributed by atoms with Crippen molar-refractivity contribution in [2.45, 2.75) is 6.04 Å². The Balaban J connectivity index is 1.63. The summed E-state index contributed by atoms with van der Waals surface area (Å²) in [6.45, 7) is 1.94. The summed E-state index contributed by atoms with van der Waals surface area (Å²) >= 11 is 0. The number of carbonyl (C=O) groups excluding carboxylic acids is 1. The first-order chi connectivity index (χ1) is 12.6. The van der Waals surface area contributed by atoms with Crippen molar-refractivity contribution in [3.63, 3.8) is 0 Å². The van der Waals surface area contributed by atoms with Crippen LogP contribution < -0.4 is 5.43 Å². The van der Waals surface area contributed by atoms with Gasteiger partial charge in [-0.15, -0.1) is 0 Å². The Morgan fingerprint density at radius 2 is 1.77 bits per heavy atom. The van der Waals surface area contributed by atoms with Crippen molar-refractivity contribution in [3.05, 3.63) is 82.2 Å². The van der Waals surface area contributed by atoms with Crippen molar-refractivity contribution in [1.82, 2.24) is 9.80 Å². The zero-order chi connectivity index (χ0) is 18.1. The van der Waals surface area contributed by atoms with Gasteiger partial charge in [0.15, 0.2) is 11.2 Å². The van der Waals surface area contributed by atoms with E-state index < -0.39 is 0 Å². The van der Waals surface area contributed by atoms with Gasteiger partial charge in [-0.2, -0.15) is 0 Å². The second-order valence-electron chi connectivity index (χ2n) is 6.63. The molecule has 5 nitrogen and oxygen atoms in total. The average molecular weight is 348 g/mol. The molecule has 2 aromatic carbocycles. The molecule has 5 heteroatoms. The van der Waals surface area contributed by atoms with Crippen LogP contribution in [0.3, 0.4) is 0 Å². The van der Waals surface area contributed by atoms with Crippen LogP contribution in [0, 0.1) is 0 Å². The van der Waals surface area contributed by atoms with Gasteiger partial charge in [-0.1, -0.05) is 42.5 Å². The number of piperazine rings is 1. The molecule has 3 aromatic rings. The third-order valence-electron chi connectivity index (χ3n) is 4.96. The third kappa shape index (κ3) is 3.02. The molecular formula is C21H20N2O3. The smallest absolute Gasteiger partial charge is 0.289 e. The highest BCUT2D eigenvalue weighted by Crippen LogP contribution is 2.25. The summed E-state index contributed by atoms with van der Waals surface area (Å²) in [7, 11) is 2.07. The molecule has 0 spiro atoms. The summed E-state index contributed by atoms with van der Waals surface area (Å²) < 4.78 is 5.72. The van der Waals surface area contributed by atoms with E-state index in [0.29, 0.717) is 24.1 Å². The Kier molecular flexibility index (Phi) is 4.31. The van der Waals surface area contributed by atoms with E-state index in [1.165, 1.54) is 11.6 Å². The van der Waals surface area contributed by atoms with Crippen LogP contribution in [0.2, 0.25) is 0 Å². The summed E-state index contributed by atoms with van der Waals surface area (Å²) in [5, 5.41) is 0.490. The Morgan fingerprint density at radius 1 is 1.04 bits per heavy atom. The lowest BCUT2D eigenvalue weighted by molar-refractivity contribution is 0.0517. The molecule has 1 amide bonds. The molecule has 2 heterocycles. The van der Waals surface area contributed by atoms with E-state index in [9.17, 15) is 9.59 Å². The minimum Gasteiger partial charge on any atom is -0.451 e. The summed E-state index contributed by atoms with van der Waals surface area (Å²) in [6.07, 6.45) is 0. The number of hydrogen-bond acceptors (Lipinski definition) is 4. The minimum absolute atomic E-state index is 0.102. The molecule has 1 atom stereocenters. The van der Waals surface area contributed by atoms with Crippen molar-refractivity contribution < 1.29 is 9.21 Å².